The Kier molecular flexibility index (Phi) is 5.02. The van der Waals surface area contributed by atoms with Gasteiger partial charge in [-0.25, -0.2) is 4.39 Å². The first-order valence-corrected chi connectivity index (χ1v) is 6.59. The van der Waals surface area contributed by atoms with E-state index in [4.69, 9.17) is 0 Å². The van der Waals surface area contributed by atoms with Crippen LogP contribution in [0.15, 0.2) is 48.5 Å². The maximum absolute atomic E-state index is 12.8. The van der Waals surface area contributed by atoms with E-state index in [1.807, 2.05) is 0 Å². The van der Waals surface area contributed by atoms with Crippen LogP contribution in [0.3, 0.4) is 0 Å². The van der Waals surface area contributed by atoms with Crippen LogP contribution in [0.25, 0.3) is 0 Å². The summed E-state index contributed by atoms with van der Waals surface area (Å²) < 4.78 is 12.8. The highest BCUT2D eigenvalue weighted by Crippen LogP contribution is 2.20. The van der Waals surface area contributed by atoms with E-state index in [2.05, 4.69) is 6.07 Å². The second-order valence-corrected chi connectivity index (χ2v) is 4.67. The fourth-order valence-corrected chi connectivity index (χ4v) is 2.02. The summed E-state index contributed by atoms with van der Waals surface area (Å²) in [4.78, 5) is 11.9. The van der Waals surface area contributed by atoms with Gasteiger partial charge in [0, 0.05) is 12.0 Å². The smallest absolute Gasteiger partial charge is 0.162 e. The van der Waals surface area contributed by atoms with E-state index in [1.54, 1.807) is 36.4 Å². The summed E-state index contributed by atoms with van der Waals surface area (Å²) in [5.74, 6) is -0.274. The van der Waals surface area contributed by atoms with Gasteiger partial charge in [-0.1, -0.05) is 30.3 Å². The highest BCUT2D eigenvalue weighted by molar-refractivity contribution is 5.95. The molecule has 1 atom stereocenters. The Hall–Kier alpha value is -2.00. The van der Waals surface area contributed by atoms with E-state index in [-0.39, 0.29) is 11.6 Å². The molecule has 1 radical (unpaired) electrons. The molecule has 0 saturated carbocycles. The quantitative estimate of drug-likeness (QED) is 0.813. The zero-order valence-corrected chi connectivity index (χ0v) is 11.1. The van der Waals surface area contributed by atoms with Crippen molar-refractivity contribution in [1.29, 1.82) is 0 Å². The van der Waals surface area contributed by atoms with Crippen molar-refractivity contribution < 1.29 is 14.3 Å². The van der Waals surface area contributed by atoms with Crippen LogP contribution in [0, 0.1) is 11.9 Å². The molecule has 0 aliphatic carbocycles. The van der Waals surface area contributed by atoms with Crippen LogP contribution in [0.4, 0.5) is 4.39 Å². The summed E-state index contributed by atoms with van der Waals surface area (Å²) in [6.07, 6.45) is 0.793. The zero-order chi connectivity index (χ0) is 14.4. The van der Waals surface area contributed by atoms with Crippen LogP contribution in [0.5, 0.6) is 0 Å². The van der Waals surface area contributed by atoms with Crippen molar-refractivity contribution >= 4 is 5.78 Å². The molecule has 0 amide bonds. The third kappa shape index (κ3) is 4.00. The Morgan fingerprint density at radius 2 is 2.00 bits per heavy atom. The number of carbonyl (C=O) groups is 1. The molecule has 0 saturated heterocycles. The summed E-state index contributed by atoms with van der Waals surface area (Å²) in [5.41, 5.74) is 1.32. The molecule has 0 aromatic heterocycles. The maximum atomic E-state index is 12.8. The normalized spacial score (nSPS) is 12.1. The predicted molar refractivity (Wildman–Crippen MR) is 74.8 cm³/mol. The highest BCUT2D eigenvalue weighted by atomic mass is 19.1. The number of rotatable bonds is 6. The standard InChI is InChI=1S/C17H16FO2/c18-15-11-9-14(10-12-15)17(20)8-4-7-16(19)13-5-2-1-3-6-13/h1-2,5-6,9-12,17,20H,4,7-8H2/t17-/m0/s1. The Bertz CT molecular complexity index is 549. The molecule has 0 unspecified atom stereocenters. The first-order valence-electron chi connectivity index (χ1n) is 6.59. The molecule has 0 bridgehead atoms. The van der Waals surface area contributed by atoms with Gasteiger partial charge in [0.1, 0.15) is 5.82 Å². The molecule has 0 fully saturated rings. The minimum atomic E-state index is -0.661. The molecule has 0 heterocycles. The minimum absolute atomic E-state index is 0.0492. The molecule has 20 heavy (non-hydrogen) atoms. The lowest BCUT2D eigenvalue weighted by molar-refractivity contribution is 0.0969. The molecule has 103 valence electrons. The largest absolute Gasteiger partial charge is 0.388 e. The number of ketones is 1. The minimum Gasteiger partial charge on any atom is -0.388 e. The summed E-state index contributed by atoms with van der Waals surface area (Å²) in [6, 6.07) is 15.6. The molecule has 2 nitrogen and oxygen atoms in total. The molecule has 0 spiro atoms. The number of halogens is 1. The lowest BCUT2D eigenvalue weighted by atomic mass is 10.0. The van der Waals surface area contributed by atoms with Gasteiger partial charge in [0.05, 0.1) is 6.10 Å². The Morgan fingerprint density at radius 1 is 1.25 bits per heavy atom. The second kappa shape index (κ2) is 6.96. The van der Waals surface area contributed by atoms with Crippen molar-refractivity contribution in [2.75, 3.05) is 0 Å². The number of hydrogen-bond acceptors (Lipinski definition) is 2. The molecule has 0 aliphatic heterocycles. The Balaban J connectivity index is 1.81. The molecule has 3 heteroatoms. The van der Waals surface area contributed by atoms with Gasteiger partial charge < -0.3 is 5.11 Å². The van der Waals surface area contributed by atoms with Gasteiger partial charge in [0.25, 0.3) is 0 Å². The van der Waals surface area contributed by atoms with Gasteiger partial charge in [-0.2, -0.15) is 0 Å². The topological polar surface area (TPSA) is 37.3 Å². The summed E-state index contributed by atoms with van der Waals surface area (Å²) in [5, 5.41) is 9.95. The lowest BCUT2D eigenvalue weighted by Gasteiger charge is -2.10. The fraction of sp³-hybridized carbons (Fsp3) is 0.235. The molecule has 1 N–H and O–H groups in total. The zero-order valence-electron chi connectivity index (χ0n) is 11.1. The van der Waals surface area contributed by atoms with Crippen LogP contribution < -0.4 is 0 Å². The second-order valence-electron chi connectivity index (χ2n) is 4.67. The van der Waals surface area contributed by atoms with Gasteiger partial charge >= 0.3 is 0 Å². The number of hydrogen-bond donors (Lipinski definition) is 1. The van der Waals surface area contributed by atoms with Crippen molar-refractivity contribution in [3.05, 3.63) is 71.5 Å². The van der Waals surface area contributed by atoms with E-state index < -0.39 is 6.10 Å². The fourth-order valence-electron chi connectivity index (χ4n) is 2.02. The molecule has 2 aromatic rings. The van der Waals surface area contributed by atoms with Gasteiger partial charge in [0.2, 0.25) is 0 Å². The average molecular weight is 271 g/mol. The maximum Gasteiger partial charge on any atom is 0.162 e. The van der Waals surface area contributed by atoms with Crippen LogP contribution in [-0.2, 0) is 0 Å². The van der Waals surface area contributed by atoms with Crippen molar-refractivity contribution in [1.82, 2.24) is 0 Å². The van der Waals surface area contributed by atoms with Crippen LogP contribution in [0.2, 0.25) is 0 Å². The summed E-state index contributed by atoms with van der Waals surface area (Å²) >= 11 is 0. The van der Waals surface area contributed by atoms with Gasteiger partial charge in [-0.15, -0.1) is 0 Å². The first kappa shape index (κ1) is 14.4. The van der Waals surface area contributed by atoms with Crippen molar-refractivity contribution in [2.24, 2.45) is 0 Å². The van der Waals surface area contributed by atoms with Crippen molar-refractivity contribution in [3.8, 4) is 0 Å². The first-order chi connectivity index (χ1) is 9.66. The molecule has 0 aliphatic rings. The van der Waals surface area contributed by atoms with Crippen LogP contribution in [0.1, 0.15) is 41.3 Å². The van der Waals surface area contributed by atoms with E-state index in [0.29, 0.717) is 30.4 Å². The monoisotopic (exact) mass is 271 g/mol. The number of Topliss-reactive ketones (excluding diaryl/α,β-unsaturated/α-hetero) is 1. The van der Waals surface area contributed by atoms with Gasteiger partial charge in [0.15, 0.2) is 5.78 Å². The van der Waals surface area contributed by atoms with Crippen LogP contribution in [-0.4, -0.2) is 10.9 Å². The van der Waals surface area contributed by atoms with Crippen LogP contribution >= 0.6 is 0 Å². The number of benzene rings is 2. The lowest BCUT2D eigenvalue weighted by Crippen LogP contribution is -2.02. The molecular formula is C17H16FO2. The van der Waals surface area contributed by atoms with Gasteiger partial charge in [-0.3, -0.25) is 4.79 Å². The predicted octanol–water partition coefficient (Wildman–Crippen LogP) is 3.71. The highest BCUT2D eigenvalue weighted by Gasteiger charge is 2.10. The van der Waals surface area contributed by atoms with Gasteiger partial charge in [-0.05, 0) is 42.7 Å². The number of aliphatic hydroxyl groups excluding tert-OH is 1. The van der Waals surface area contributed by atoms with Crippen molar-refractivity contribution in [3.63, 3.8) is 0 Å². The third-order valence-corrected chi connectivity index (χ3v) is 3.17. The summed E-state index contributed by atoms with van der Waals surface area (Å²) in [7, 11) is 0. The van der Waals surface area contributed by atoms with Crippen molar-refractivity contribution in [2.45, 2.75) is 25.4 Å². The molecular weight excluding hydrogens is 255 g/mol. The molecule has 2 rings (SSSR count). The summed E-state index contributed by atoms with van der Waals surface area (Å²) in [6.45, 7) is 0. The Morgan fingerprint density at radius 3 is 2.65 bits per heavy atom. The van der Waals surface area contributed by atoms with E-state index >= 15 is 0 Å². The average Bonchev–Trinajstić information content (AvgIpc) is 2.48. The van der Waals surface area contributed by atoms with E-state index in [0.717, 1.165) is 0 Å². The molecule has 2 aromatic carbocycles. The third-order valence-electron chi connectivity index (χ3n) is 3.17. The Labute approximate surface area is 117 Å². The number of aliphatic hydroxyl groups is 1. The number of carbonyl (C=O) groups excluding carboxylic acids is 1. The van der Waals surface area contributed by atoms with E-state index in [9.17, 15) is 14.3 Å². The van der Waals surface area contributed by atoms with E-state index in [1.165, 1.54) is 12.1 Å². The SMILES string of the molecule is O=C(CCC[C@H](O)c1ccc(F)cc1)c1c[c]ccc1.